The molecule has 5 nitrogen and oxygen atoms in total. The lowest BCUT2D eigenvalue weighted by molar-refractivity contribution is -0.123. The molecular weight excluding hydrogens is 256 g/mol. The topological polar surface area (TPSA) is 71.3 Å². The number of nitrogens with one attached hydrogen (secondary N) is 1. The molecule has 0 aliphatic carbocycles. The molecule has 0 radical (unpaired) electrons. The molecule has 1 amide bonds. The Morgan fingerprint density at radius 3 is 2.70 bits per heavy atom. The minimum atomic E-state index is -0.175. The zero-order chi connectivity index (χ0) is 15.0. The fourth-order valence-electron chi connectivity index (χ4n) is 1.53. The van der Waals surface area contributed by atoms with E-state index in [2.05, 4.69) is 5.32 Å². The van der Waals surface area contributed by atoms with Gasteiger partial charge in [-0.05, 0) is 32.4 Å². The van der Waals surface area contributed by atoms with Gasteiger partial charge in [-0.25, -0.2) is 0 Å². The van der Waals surface area contributed by atoms with E-state index in [1.807, 2.05) is 26.8 Å². The van der Waals surface area contributed by atoms with Crippen LogP contribution in [0.4, 0.5) is 0 Å². The SMILES string of the molecule is CCOc1cc(C#N)ccc1OCC(=O)N[C@@H](C)CC. The van der Waals surface area contributed by atoms with Gasteiger partial charge in [-0.1, -0.05) is 6.92 Å². The maximum atomic E-state index is 11.6. The number of hydrogen-bond donors (Lipinski definition) is 1. The van der Waals surface area contributed by atoms with Gasteiger partial charge in [-0.3, -0.25) is 4.79 Å². The van der Waals surface area contributed by atoms with Crippen LogP contribution in [-0.2, 0) is 4.79 Å². The molecule has 1 N–H and O–H groups in total. The van der Waals surface area contributed by atoms with Crippen molar-refractivity contribution in [1.29, 1.82) is 5.26 Å². The fourth-order valence-corrected chi connectivity index (χ4v) is 1.53. The van der Waals surface area contributed by atoms with E-state index in [9.17, 15) is 4.79 Å². The minimum Gasteiger partial charge on any atom is -0.490 e. The van der Waals surface area contributed by atoms with Crippen molar-refractivity contribution in [2.45, 2.75) is 33.2 Å². The lowest BCUT2D eigenvalue weighted by Crippen LogP contribution is -2.35. The molecule has 0 saturated heterocycles. The third-order valence-electron chi connectivity index (χ3n) is 2.75. The normalized spacial score (nSPS) is 11.3. The van der Waals surface area contributed by atoms with Crippen LogP contribution in [0.1, 0.15) is 32.8 Å². The van der Waals surface area contributed by atoms with Gasteiger partial charge in [0.05, 0.1) is 18.2 Å². The number of ether oxygens (including phenoxy) is 2. The van der Waals surface area contributed by atoms with E-state index in [4.69, 9.17) is 14.7 Å². The van der Waals surface area contributed by atoms with Gasteiger partial charge in [0.2, 0.25) is 0 Å². The average molecular weight is 276 g/mol. The molecule has 1 atom stereocenters. The lowest BCUT2D eigenvalue weighted by Gasteiger charge is -2.14. The summed E-state index contributed by atoms with van der Waals surface area (Å²) >= 11 is 0. The van der Waals surface area contributed by atoms with Crippen LogP contribution in [0.15, 0.2) is 18.2 Å². The van der Waals surface area contributed by atoms with E-state index in [0.717, 1.165) is 6.42 Å². The van der Waals surface area contributed by atoms with Gasteiger partial charge in [-0.15, -0.1) is 0 Å². The lowest BCUT2D eigenvalue weighted by atomic mass is 10.2. The Bertz CT molecular complexity index is 494. The summed E-state index contributed by atoms with van der Waals surface area (Å²) in [7, 11) is 0. The molecule has 0 unspecified atom stereocenters. The Kier molecular flexibility index (Phi) is 6.38. The largest absolute Gasteiger partial charge is 0.490 e. The molecule has 0 saturated carbocycles. The summed E-state index contributed by atoms with van der Waals surface area (Å²) in [5.41, 5.74) is 0.491. The average Bonchev–Trinajstić information content (AvgIpc) is 2.46. The van der Waals surface area contributed by atoms with Crippen LogP contribution >= 0.6 is 0 Å². The van der Waals surface area contributed by atoms with Crippen molar-refractivity contribution in [2.24, 2.45) is 0 Å². The summed E-state index contributed by atoms with van der Waals surface area (Å²) in [5, 5.41) is 11.7. The number of nitriles is 1. The van der Waals surface area contributed by atoms with E-state index in [0.29, 0.717) is 23.7 Å². The van der Waals surface area contributed by atoms with Crippen LogP contribution in [0.5, 0.6) is 11.5 Å². The first-order valence-corrected chi connectivity index (χ1v) is 6.69. The predicted molar refractivity (Wildman–Crippen MR) is 75.7 cm³/mol. The summed E-state index contributed by atoms with van der Waals surface area (Å²) in [5.74, 6) is 0.763. The van der Waals surface area contributed by atoms with Gasteiger partial charge >= 0.3 is 0 Å². The second-order valence-electron chi connectivity index (χ2n) is 4.37. The maximum Gasteiger partial charge on any atom is 0.258 e. The highest BCUT2D eigenvalue weighted by Gasteiger charge is 2.10. The highest BCUT2D eigenvalue weighted by molar-refractivity contribution is 5.77. The zero-order valence-corrected chi connectivity index (χ0v) is 12.1. The van der Waals surface area contributed by atoms with Gasteiger partial charge in [0, 0.05) is 12.1 Å². The van der Waals surface area contributed by atoms with Gasteiger partial charge < -0.3 is 14.8 Å². The first kappa shape index (κ1) is 15.8. The molecule has 108 valence electrons. The number of carbonyl (C=O) groups is 1. The van der Waals surface area contributed by atoms with E-state index in [-0.39, 0.29) is 18.6 Å². The fraction of sp³-hybridized carbons (Fsp3) is 0.467. The summed E-state index contributed by atoms with van der Waals surface area (Å²) in [6.07, 6.45) is 0.868. The first-order valence-electron chi connectivity index (χ1n) is 6.69. The third-order valence-corrected chi connectivity index (χ3v) is 2.75. The van der Waals surface area contributed by atoms with E-state index in [1.54, 1.807) is 18.2 Å². The summed E-state index contributed by atoms with van der Waals surface area (Å²) < 4.78 is 10.9. The number of nitrogens with zero attached hydrogens (tertiary/aromatic N) is 1. The molecule has 5 heteroatoms. The molecule has 20 heavy (non-hydrogen) atoms. The molecular formula is C15H20N2O3. The molecule has 0 heterocycles. The van der Waals surface area contributed by atoms with Crippen LogP contribution in [0.3, 0.4) is 0 Å². The van der Waals surface area contributed by atoms with Gasteiger partial charge in [-0.2, -0.15) is 5.26 Å². The standard InChI is InChI=1S/C15H20N2O3/c1-4-11(3)17-15(18)10-20-13-7-6-12(9-16)8-14(13)19-5-2/h6-8,11H,4-5,10H2,1-3H3,(H,17,18)/t11-/m0/s1. The number of benzene rings is 1. The Hall–Kier alpha value is -2.22. The van der Waals surface area contributed by atoms with Crippen molar-refractivity contribution in [2.75, 3.05) is 13.2 Å². The summed E-state index contributed by atoms with van der Waals surface area (Å²) in [4.78, 5) is 11.6. The molecule has 1 aromatic carbocycles. The van der Waals surface area contributed by atoms with Gasteiger partial charge in [0.25, 0.3) is 5.91 Å². The summed E-state index contributed by atoms with van der Waals surface area (Å²) in [6.45, 7) is 6.17. The highest BCUT2D eigenvalue weighted by atomic mass is 16.5. The second kappa shape index (κ2) is 8.05. The Labute approximate surface area is 119 Å². The number of carbonyl (C=O) groups excluding carboxylic acids is 1. The van der Waals surface area contributed by atoms with Crippen molar-refractivity contribution in [3.05, 3.63) is 23.8 Å². The molecule has 0 spiro atoms. The zero-order valence-electron chi connectivity index (χ0n) is 12.1. The summed E-state index contributed by atoms with van der Waals surface area (Å²) in [6, 6.07) is 7.03. The van der Waals surface area contributed by atoms with Crippen LogP contribution in [0.2, 0.25) is 0 Å². The van der Waals surface area contributed by atoms with Gasteiger partial charge in [0.1, 0.15) is 0 Å². The predicted octanol–water partition coefficient (Wildman–Crippen LogP) is 2.25. The Morgan fingerprint density at radius 2 is 2.10 bits per heavy atom. The highest BCUT2D eigenvalue weighted by Crippen LogP contribution is 2.28. The van der Waals surface area contributed by atoms with E-state index >= 15 is 0 Å². The van der Waals surface area contributed by atoms with Crippen LogP contribution < -0.4 is 14.8 Å². The Morgan fingerprint density at radius 1 is 1.35 bits per heavy atom. The van der Waals surface area contributed by atoms with Crippen LogP contribution in [0.25, 0.3) is 0 Å². The molecule has 0 fully saturated rings. The second-order valence-corrected chi connectivity index (χ2v) is 4.37. The minimum absolute atomic E-state index is 0.0731. The van der Waals surface area contributed by atoms with Crippen molar-refractivity contribution in [3.63, 3.8) is 0 Å². The van der Waals surface area contributed by atoms with Crippen molar-refractivity contribution in [1.82, 2.24) is 5.32 Å². The molecule has 0 bridgehead atoms. The smallest absolute Gasteiger partial charge is 0.258 e. The molecule has 0 aromatic heterocycles. The monoisotopic (exact) mass is 276 g/mol. The van der Waals surface area contributed by atoms with Crippen molar-refractivity contribution >= 4 is 5.91 Å². The quantitative estimate of drug-likeness (QED) is 0.829. The third kappa shape index (κ3) is 4.81. The number of hydrogen-bond acceptors (Lipinski definition) is 4. The van der Waals surface area contributed by atoms with E-state index in [1.165, 1.54) is 0 Å². The number of amides is 1. The molecule has 1 rings (SSSR count). The van der Waals surface area contributed by atoms with Crippen LogP contribution in [-0.4, -0.2) is 25.2 Å². The Balaban J connectivity index is 2.67. The first-order chi connectivity index (χ1) is 9.60. The van der Waals surface area contributed by atoms with Gasteiger partial charge in [0.15, 0.2) is 18.1 Å². The molecule has 1 aromatic rings. The van der Waals surface area contributed by atoms with Crippen molar-refractivity contribution in [3.8, 4) is 17.6 Å². The molecule has 0 aliphatic rings. The van der Waals surface area contributed by atoms with E-state index < -0.39 is 0 Å². The maximum absolute atomic E-state index is 11.6. The molecule has 0 aliphatic heterocycles. The number of rotatable bonds is 7. The van der Waals surface area contributed by atoms with Crippen LogP contribution in [0, 0.1) is 11.3 Å². The van der Waals surface area contributed by atoms with Crippen molar-refractivity contribution < 1.29 is 14.3 Å².